The molecular weight excluding hydrogens is 525 g/mol. The molecule has 3 aromatic rings. The van der Waals surface area contributed by atoms with Crippen molar-refractivity contribution in [3.05, 3.63) is 48.2 Å². The maximum atomic E-state index is 12.9. The van der Waals surface area contributed by atoms with Crippen LogP contribution >= 0.6 is 0 Å². The topological polar surface area (TPSA) is 95.8 Å². The second kappa shape index (κ2) is 11.8. The molecule has 2 aliphatic heterocycles. The number of aliphatic hydroxyl groups is 1. The normalized spacial score (nSPS) is 17.9. The van der Waals surface area contributed by atoms with E-state index >= 15 is 0 Å². The highest BCUT2D eigenvalue weighted by Crippen LogP contribution is 2.34. The molecule has 214 valence electrons. The molecule has 0 radical (unpaired) electrons. The lowest BCUT2D eigenvalue weighted by Gasteiger charge is -2.28. The van der Waals surface area contributed by atoms with Crippen molar-refractivity contribution >= 4 is 17.5 Å². The Balaban J connectivity index is 1.43. The third kappa shape index (κ3) is 6.56. The van der Waals surface area contributed by atoms with E-state index in [2.05, 4.69) is 15.3 Å². The molecule has 40 heavy (non-hydrogen) atoms. The molecule has 2 fully saturated rings. The van der Waals surface area contributed by atoms with Gasteiger partial charge in [-0.3, -0.25) is 4.68 Å². The number of aryl methyl sites for hydroxylation is 1. The number of urea groups is 1. The number of benzene rings is 1. The van der Waals surface area contributed by atoms with Gasteiger partial charge < -0.3 is 25.0 Å². The van der Waals surface area contributed by atoms with Gasteiger partial charge in [-0.15, -0.1) is 0 Å². The Hall–Kier alpha value is -3.64. The Morgan fingerprint density at radius 2 is 1.95 bits per heavy atom. The number of nitrogens with one attached hydrogen (secondary N) is 1. The van der Waals surface area contributed by atoms with Crippen molar-refractivity contribution in [1.82, 2.24) is 19.7 Å². The monoisotopic (exact) mass is 558 g/mol. The average molecular weight is 559 g/mol. The summed E-state index contributed by atoms with van der Waals surface area (Å²) >= 11 is 0. The number of alkyl halides is 3. The largest absolute Gasteiger partial charge is 0.394 e. The Morgan fingerprint density at radius 3 is 2.70 bits per heavy atom. The van der Waals surface area contributed by atoms with Crippen molar-refractivity contribution in [1.29, 1.82) is 0 Å². The summed E-state index contributed by atoms with van der Waals surface area (Å²) in [6.07, 6.45) is -3.10. The van der Waals surface area contributed by atoms with Crippen LogP contribution in [0.15, 0.2) is 42.6 Å². The van der Waals surface area contributed by atoms with Gasteiger partial charge in [-0.1, -0.05) is 6.07 Å². The van der Waals surface area contributed by atoms with E-state index in [1.54, 1.807) is 16.9 Å². The number of morpholine rings is 1. The standard InChI is InChI=1S/C28H33F3N6O3/c1-19-2-3-22(33-27(39)36-7-5-20(18-36)17-28(29,30)31)16-23(19)21-14-24(25-4-6-32-37(25)8-11-38)34-26(15-21)35-9-12-40-13-10-35/h2-4,6,14-16,20,38H,5,7-13,17-18H2,1H3,(H,33,39)/t20-/m0/s1. The summed E-state index contributed by atoms with van der Waals surface area (Å²) in [7, 11) is 0. The first-order valence-electron chi connectivity index (χ1n) is 13.4. The molecule has 2 amide bonds. The van der Waals surface area contributed by atoms with E-state index < -0.39 is 24.5 Å². The van der Waals surface area contributed by atoms with Gasteiger partial charge in [-0.2, -0.15) is 18.3 Å². The van der Waals surface area contributed by atoms with Crippen molar-refractivity contribution < 1.29 is 27.8 Å². The molecule has 0 aliphatic carbocycles. The predicted molar refractivity (Wildman–Crippen MR) is 145 cm³/mol. The number of carbonyl (C=O) groups excluding carboxylic acids is 1. The molecule has 4 heterocycles. The van der Waals surface area contributed by atoms with Gasteiger partial charge in [0.05, 0.1) is 37.8 Å². The molecule has 0 saturated carbocycles. The SMILES string of the molecule is Cc1ccc(NC(=O)N2CC[C@@H](CC(F)(F)F)C2)cc1-c1cc(-c2ccnn2CCO)nc(N2CCOCC2)c1. The minimum atomic E-state index is -4.23. The highest BCUT2D eigenvalue weighted by atomic mass is 19.4. The van der Waals surface area contributed by atoms with E-state index in [9.17, 15) is 23.1 Å². The Kier molecular flexibility index (Phi) is 8.27. The third-order valence-electron chi connectivity index (χ3n) is 7.33. The Morgan fingerprint density at radius 1 is 1.15 bits per heavy atom. The van der Waals surface area contributed by atoms with Gasteiger partial charge in [0.1, 0.15) is 5.82 Å². The van der Waals surface area contributed by atoms with E-state index in [0.717, 1.165) is 28.2 Å². The van der Waals surface area contributed by atoms with E-state index in [1.807, 2.05) is 37.3 Å². The van der Waals surface area contributed by atoms with Crippen LogP contribution in [0.3, 0.4) is 0 Å². The van der Waals surface area contributed by atoms with Crippen LogP contribution < -0.4 is 10.2 Å². The molecule has 1 aromatic carbocycles. The maximum Gasteiger partial charge on any atom is 0.389 e. The fourth-order valence-electron chi connectivity index (χ4n) is 5.30. The molecule has 2 aliphatic rings. The number of nitrogens with zero attached hydrogens (tertiary/aromatic N) is 5. The number of carbonyl (C=O) groups is 1. The van der Waals surface area contributed by atoms with Crippen molar-refractivity contribution in [2.75, 3.05) is 56.2 Å². The second-order valence-electron chi connectivity index (χ2n) is 10.2. The van der Waals surface area contributed by atoms with Crippen LogP contribution in [-0.2, 0) is 11.3 Å². The minimum Gasteiger partial charge on any atom is -0.394 e. The van der Waals surface area contributed by atoms with Crippen LogP contribution in [0, 0.1) is 12.8 Å². The summed E-state index contributed by atoms with van der Waals surface area (Å²) in [6.45, 7) is 5.24. The number of likely N-dealkylation sites (tertiary alicyclic amines) is 1. The fraction of sp³-hybridized carbons (Fsp3) is 0.464. The molecule has 2 aromatic heterocycles. The molecule has 0 spiro atoms. The summed E-state index contributed by atoms with van der Waals surface area (Å²) in [4.78, 5) is 21.4. The van der Waals surface area contributed by atoms with Crippen molar-refractivity contribution in [3.63, 3.8) is 0 Å². The van der Waals surface area contributed by atoms with Crippen LogP contribution in [0.4, 0.5) is 29.5 Å². The summed E-state index contributed by atoms with van der Waals surface area (Å²) in [6, 6.07) is 11.0. The lowest BCUT2D eigenvalue weighted by atomic mass is 9.99. The van der Waals surface area contributed by atoms with Crippen molar-refractivity contribution in [2.24, 2.45) is 5.92 Å². The van der Waals surface area contributed by atoms with E-state index in [0.29, 0.717) is 57.2 Å². The van der Waals surface area contributed by atoms with Crippen LogP contribution in [0.5, 0.6) is 0 Å². The van der Waals surface area contributed by atoms with Gasteiger partial charge in [0.15, 0.2) is 0 Å². The third-order valence-corrected chi connectivity index (χ3v) is 7.33. The zero-order chi connectivity index (χ0) is 28.3. The van der Waals surface area contributed by atoms with E-state index in [4.69, 9.17) is 9.72 Å². The zero-order valence-electron chi connectivity index (χ0n) is 22.3. The first kappa shape index (κ1) is 27.9. The highest BCUT2D eigenvalue weighted by molar-refractivity contribution is 5.91. The second-order valence-corrected chi connectivity index (χ2v) is 10.2. The molecule has 2 N–H and O–H groups in total. The number of halogens is 3. The molecule has 2 saturated heterocycles. The van der Waals surface area contributed by atoms with Crippen LogP contribution in [0.1, 0.15) is 18.4 Å². The maximum absolute atomic E-state index is 12.9. The summed E-state index contributed by atoms with van der Waals surface area (Å²) < 4.78 is 45.6. The van der Waals surface area contributed by atoms with Gasteiger partial charge in [0.2, 0.25) is 0 Å². The summed E-state index contributed by atoms with van der Waals surface area (Å²) in [5, 5.41) is 16.7. The summed E-state index contributed by atoms with van der Waals surface area (Å²) in [5.74, 6) is 0.210. The summed E-state index contributed by atoms with van der Waals surface area (Å²) in [5.41, 5.74) is 4.80. The van der Waals surface area contributed by atoms with E-state index in [-0.39, 0.29) is 13.2 Å². The van der Waals surface area contributed by atoms with Gasteiger partial charge in [-0.05, 0) is 66.3 Å². The molecule has 1 atom stereocenters. The van der Waals surface area contributed by atoms with Crippen molar-refractivity contribution in [2.45, 2.75) is 32.5 Å². The fourth-order valence-corrected chi connectivity index (χ4v) is 5.30. The number of hydrogen-bond acceptors (Lipinski definition) is 6. The molecule has 0 bridgehead atoms. The number of ether oxygens (including phenoxy) is 1. The van der Waals surface area contributed by atoms with Gasteiger partial charge in [-0.25, -0.2) is 9.78 Å². The highest BCUT2D eigenvalue weighted by Gasteiger charge is 2.36. The average Bonchev–Trinajstić information content (AvgIpc) is 3.59. The molecule has 5 rings (SSSR count). The number of pyridine rings is 1. The van der Waals surface area contributed by atoms with Gasteiger partial charge in [0.25, 0.3) is 0 Å². The molecule has 0 unspecified atom stereocenters. The molecule has 12 heteroatoms. The number of hydrogen-bond donors (Lipinski definition) is 2. The number of aromatic nitrogens is 3. The van der Waals surface area contributed by atoms with Gasteiger partial charge in [0, 0.05) is 44.5 Å². The molecular formula is C28H33F3N6O3. The predicted octanol–water partition coefficient (Wildman–Crippen LogP) is 4.56. The van der Waals surface area contributed by atoms with E-state index in [1.165, 1.54) is 4.90 Å². The molecule has 9 nitrogen and oxygen atoms in total. The van der Waals surface area contributed by atoms with Crippen LogP contribution in [-0.4, -0.2) is 83.0 Å². The first-order valence-corrected chi connectivity index (χ1v) is 13.4. The lowest BCUT2D eigenvalue weighted by Crippen LogP contribution is -2.36. The zero-order valence-corrected chi connectivity index (χ0v) is 22.3. The van der Waals surface area contributed by atoms with Crippen LogP contribution in [0.2, 0.25) is 0 Å². The van der Waals surface area contributed by atoms with Gasteiger partial charge >= 0.3 is 12.2 Å². The first-order chi connectivity index (χ1) is 19.2. The Bertz CT molecular complexity index is 1340. The van der Waals surface area contributed by atoms with Crippen molar-refractivity contribution in [3.8, 4) is 22.5 Å². The smallest absolute Gasteiger partial charge is 0.389 e. The lowest BCUT2D eigenvalue weighted by molar-refractivity contribution is -0.143. The number of anilines is 2. The Labute approximate surface area is 230 Å². The quantitative estimate of drug-likeness (QED) is 0.442. The number of rotatable bonds is 7. The van der Waals surface area contributed by atoms with Crippen LogP contribution in [0.25, 0.3) is 22.5 Å². The number of aliphatic hydroxyl groups excluding tert-OH is 1. The minimum absolute atomic E-state index is 0.0560. The number of amides is 2.